The second-order valence-electron chi connectivity index (χ2n) is 0. The molecule has 14 heavy (non-hydrogen) atoms. The molecule has 0 aromatic carbocycles. The van der Waals surface area contributed by atoms with Crippen molar-refractivity contribution in [1.82, 2.24) is 6.15 Å². The first-order valence-corrected chi connectivity index (χ1v) is 1.55. The van der Waals surface area contributed by atoms with Crippen molar-refractivity contribution >= 4 is 0 Å². The Labute approximate surface area is 94.4 Å². The summed E-state index contributed by atoms with van der Waals surface area (Å²) >= 11 is 0. The monoisotopic (exact) mass is 238 g/mol. The summed E-state index contributed by atoms with van der Waals surface area (Å²) in [4.78, 5) is 0. The minimum atomic E-state index is 0. The zero-order valence-electron chi connectivity index (χ0n) is 7.19. The molecule has 0 aliphatic heterocycles. The van der Waals surface area contributed by atoms with Crippen LogP contribution in [0.1, 0.15) is 0 Å². The number of hydrogen-bond donors (Lipinski definition) is 1. The van der Waals surface area contributed by atoms with Gasteiger partial charge in [-0.1, -0.05) is 0 Å². The molecule has 0 aromatic heterocycles. The van der Waals surface area contributed by atoms with Crippen LogP contribution in [-0.4, -0.2) is 0 Å². The van der Waals surface area contributed by atoms with Gasteiger partial charge in [-0.2, -0.15) is 0 Å². The van der Waals surface area contributed by atoms with Gasteiger partial charge in [-0.3, -0.25) is 0 Å². The molecular formula is C6H9CoN7. The number of nitriles is 6. The van der Waals surface area contributed by atoms with Gasteiger partial charge in [0.15, 0.2) is 0 Å². The minimum absolute atomic E-state index is 0. The Morgan fingerprint density at radius 3 is 0.357 bits per heavy atom. The first-order chi connectivity index (χ1) is 6.00. The molecule has 77 valence electrons. The summed E-state index contributed by atoms with van der Waals surface area (Å²) in [5.41, 5.74) is 0. The molecule has 0 rings (SSSR count). The maximum atomic E-state index is 6.50. The van der Waals surface area contributed by atoms with Gasteiger partial charge in [-0.15, -0.1) is 0 Å². The third-order valence-electron chi connectivity index (χ3n) is 0. The zero-order chi connectivity index (χ0) is 12.0. The smallest absolute Gasteiger partial charge is 0.0462 e. The van der Waals surface area contributed by atoms with Crippen LogP contribution in [-0.2, 0) is 16.8 Å². The Morgan fingerprint density at radius 2 is 0.357 bits per heavy atom. The zero-order valence-corrected chi connectivity index (χ0v) is 8.23. The molecule has 3 N–H and O–H groups in total. The maximum Gasteiger partial charge on any atom is 0.0462 e. The predicted octanol–water partition coefficient (Wildman–Crippen LogP) is 0.998. The van der Waals surface area contributed by atoms with Gasteiger partial charge >= 0.3 is 0 Å². The molecule has 0 bridgehead atoms. The van der Waals surface area contributed by atoms with Crippen molar-refractivity contribution in [3.63, 3.8) is 0 Å². The van der Waals surface area contributed by atoms with Crippen molar-refractivity contribution in [3.05, 3.63) is 0 Å². The average molecular weight is 238 g/mol. The van der Waals surface area contributed by atoms with Gasteiger partial charge < -0.3 is 6.15 Å². The summed E-state index contributed by atoms with van der Waals surface area (Å²) in [5, 5.41) is 39.0. The number of rotatable bonds is 0. The van der Waals surface area contributed by atoms with E-state index in [0.29, 0.717) is 0 Å². The molecule has 7 nitrogen and oxygen atoms in total. The van der Waals surface area contributed by atoms with Gasteiger partial charge in [0.05, 0.1) is 0 Å². The van der Waals surface area contributed by atoms with E-state index in [9.17, 15) is 0 Å². The SMILES string of the molecule is C#N.C#N.C#N.C#N.C#N.C#N.N.[Co]. The Hall–Kier alpha value is -2.59. The topological polar surface area (TPSA) is 178 Å². The molecule has 0 heterocycles. The van der Waals surface area contributed by atoms with Crippen LogP contribution in [0.15, 0.2) is 0 Å². The molecule has 0 saturated carbocycles. The number of nitrogens with zero attached hydrogens (tertiary/aromatic N) is 6. The van der Waals surface area contributed by atoms with Crippen molar-refractivity contribution in [3.8, 4) is 39.4 Å². The van der Waals surface area contributed by atoms with Crippen LogP contribution >= 0.6 is 0 Å². The van der Waals surface area contributed by atoms with Gasteiger partial charge in [-0.25, -0.2) is 31.6 Å². The standard InChI is InChI=1S/6CHN.Co.H3N/c6*1-2;;/h6*1H;;1H3. The maximum absolute atomic E-state index is 6.50. The summed E-state index contributed by atoms with van der Waals surface area (Å²) in [6, 6.07) is 0. The van der Waals surface area contributed by atoms with Crippen LogP contribution in [0.5, 0.6) is 0 Å². The van der Waals surface area contributed by atoms with Crippen LogP contribution in [0, 0.1) is 71.0 Å². The fourth-order valence-electron chi connectivity index (χ4n) is 0. The van der Waals surface area contributed by atoms with E-state index in [4.69, 9.17) is 31.6 Å². The first kappa shape index (κ1) is 106. The van der Waals surface area contributed by atoms with E-state index in [-0.39, 0.29) is 22.9 Å². The van der Waals surface area contributed by atoms with Crippen molar-refractivity contribution in [2.75, 3.05) is 0 Å². The Morgan fingerprint density at radius 1 is 0.357 bits per heavy atom. The molecule has 1 radical (unpaired) electrons. The van der Waals surface area contributed by atoms with Gasteiger partial charge in [0.25, 0.3) is 0 Å². The molecule has 0 amide bonds. The Balaban J connectivity index is -0.00000000500. The normalized spacial score (nSPS) is 0.857. The Bertz CT molecular complexity index is 93.2. The molecule has 0 fully saturated rings. The summed E-state index contributed by atoms with van der Waals surface area (Å²) in [5.74, 6) is 0. The van der Waals surface area contributed by atoms with Crippen molar-refractivity contribution in [2.24, 2.45) is 0 Å². The molecule has 0 aliphatic rings. The van der Waals surface area contributed by atoms with Crippen LogP contribution in [0.2, 0.25) is 0 Å². The van der Waals surface area contributed by atoms with Gasteiger partial charge in [-0.05, 0) is 0 Å². The van der Waals surface area contributed by atoms with Gasteiger partial charge in [0, 0.05) is 56.2 Å². The van der Waals surface area contributed by atoms with Crippen LogP contribution in [0.25, 0.3) is 0 Å². The van der Waals surface area contributed by atoms with Crippen molar-refractivity contribution in [1.29, 1.82) is 31.6 Å². The summed E-state index contributed by atoms with van der Waals surface area (Å²) < 4.78 is 0. The van der Waals surface area contributed by atoms with E-state index in [1.54, 1.807) is 0 Å². The van der Waals surface area contributed by atoms with Crippen LogP contribution < -0.4 is 6.15 Å². The quantitative estimate of drug-likeness (QED) is 0.653. The van der Waals surface area contributed by atoms with Crippen molar-refractivity contribution in [2.45, 2.75) is 0 Å². The van der Waals surface area contributed by atoms with Gasteiger partial charge in [0.1, 0.15) is 0 Å². The van der Waals surface area contributed by atoms with E-state index >= 15 is 0 Å². The second-order valence-corrected chi connectivity index (χ2v) is 0. The minimum Gasteiger partial charge on any atom is -0.344 e. The predicted molar refractivity (Wildman–Crippen MR) is 45.0 cm³/mol. The molecule has 0 atom stereocenters. The van der Waals surface area contributed by atoms with E-state index in [0.717, 1.165) is 0 Å². The molecular weight excluding hydrogens is 229 g/mol. The van der Waals surface area contributed by atoms with E-state index in [1.807, 2.05) is 0 Å². The van der Waals surface area contributed by atoms with E-state index < -0.39 is 0 Å². The average Bonchev–Trinajstić information content (AvgIpc) is 2.33. The third kappa shape index (κ3) is 98.8. The summed E-state index contributed by atoms with van der Waals surface area (Å²) in [6.07, 6.45) is 0. The van der Waals surface area contributed by atoms with Crippen molar-refractivity contribution < 1.29 is 16.8 Å². The summed E-state index contributed by atoms with van der Waals surface area (Å²) in [6.45, 7) is 21.0. The van der Waals surface area contributed by atoms with E-state index in [1.165, 1.54) is 0 Å². The molecule has 0 aliphatic carbocycles. The van der Waals surface area contributed by atoms with E-state index in [2.05, 4.69) is 39.4 Å². The first-order valence-electron chi connectivity index (χ1n) is 1.55. The third-order valence-corrected chi connectivity index (χ3v) is 0. The molecule has 0 saturated heterocycles. The molecule has 0 spiro atoms. The molecule has 0 aromatic rings. The molecule has 0 unspecified atom stereocenters. The number of hydrogen-bond acceptors (Lipinski definition) is 7. The summed E-state index contributed by atoms with van der Waals surface area (Å²) in [7, 11) is 0. The van der Waals surface area contributed by atoms with Gasteiger partial charge in [0.2, 0.25) is 0 Å². The van der Waals surface area contributed by atoms with Crippen LogP contribution in [0.4, 0.5) is 0 Å². The largest absolute Gasteiger partial charge is 0.344 e. The second kappa shape index (κ2) is 137. The van der Waals surface area contributed by atoms with Crippen LogP contribution in [0.3, 0.4) is 0 Å². The fraction of sp³-hybridized carbons (Fsp3) is 0. The Kier molecular flexibility index (Phi) is 1040. The molecule has 8 heteroatoms. The fourth-order valence-corrected chi connectivity index (χ4v) is 0.